The van der Waals surface area contributed by atoms with Crippen molar-refractivity contribution in [3.05, 3.63) is 71.4 Å². The second-order valence-electron chi connectivity index (χ2n) is 8.35. The molecule has 8 heteroatoms. The summed E-state index contributed by atoms with van der Waals surface area (Å²) in [6.45, 7) is 7.84. The van der Waals surface area contributed by atoms with Crippen LogP contribution in [-0.4, -0.2) is 52.7 Å². The van der Waals surface area contributed by atoms with E-state index in [1.807, 2.05) is 20.8 Å². The van der Waals surface area contributed by atoms with Gasteiger partial charge in [-0.25, -0.2) is 13.5 Å². The summed E-state index contributed by atoms with van der Waals surface area (Å²) in [6.07, 6.45) is -0.504. The number of rotatable bonds is 11. The first-order valence-electron chi connectivity index (χ1n) is 11.0. The van der Waals surface area contributed by atoms with Crippen LogP contribution in [0.5, 0.6) is 11.6 Å². The number of hydrogen-bond acceptors (Lipinski definition) is 5. The minimum atomic E-state index is -0.504. The fourth-order valence-electron chi connectivity index (χ4n) is 3.35. The Morgan fingerprint density at radius 1 is 1.03 bits per heavy atom. The molecule has 0 aliphatic heterocycles. The molecule has 0 fully saturated rings. The van der Waals surface area contributed by atoms with E-state index >= 15 is 0 Å². The third kappa shape index (κ3) is 6.60. The molecule has 6 nitrogen and oxygen atoms in total. The summed E-state index contributed by atoms with van der Waals surface area (Å²) in [6, 6.07) is 11.7. The zero-order valence-electron chi connectivity index (χ0n) is 19.5. The highest BCUT2D eigenvalue weighted by molar-refractivity contribution is 5.43. The summed E-state index contributed by atoms with van der Waals surface area (Å²) in [4.78, 5) is 2.09. The van der Waals surface area contributed by atoms with Gasteiger partial charge in [-0.15, -0.1) is 0 Å². The van der Waals surface area contributed by atoms with Gasteiger partial charge in [0, 0.05) is 26.7 Å². The molecule has 1 aromatic heterocycles. The maximum atomic E-state index is 13.5. The first kappa shape index (κ1) is 24.8. The summed E-state index contributed by atoms with van der Waals surface area (Å²) in [5, 5.41) is 15.1. The topological polar surface area (TPSA) is 59.8 Å². The molecule has 0 aliphatic carbocycles. The van der Waals surface area contributed by atoms with Gasteiger partial charge in [-0.1, -0.05) is 13.8 Å². The van der Waals surface area contributed by atoms with E-state index < -0.39 is 6.10 Å². The van der Waals surface area contributed by atoms with Crippen molar-refractivity contribution >= 4 is 0 Å². The molecule has 1 atom stereocenters. The molecule has 0 radical (unpaired) electrons. The SMILES string of the molecule is COCCN(Cc1c(C)nn(-c2ccc(F)cc2)c1Oc1ccc(F)cc1)C[C@@H](O)C(C)C. The van der Waals surface area contributed by atoms with Gasteiger partial charge in [0.15, 0.2) is 0 Å². The molecule has 0 saturated heterocycles. The van der Waals surface area contributed by atoms with Crippen molar-refractivity contribution in [2.45, 2.75) is 33.4 Å². The smallest absolute Gasteiger partial charge is 0.227 e. The quantitative estimate of drug-likeness (QED) is 0.450. The van der Waals surface area contributed by atoms with Crippen LogP contribution < -0.4 is 4.74 Å². The van der Waals surface area contributed by atoms with Gasteiger partial charge in [0.2, 0.25) is 5.88 Å². The largest absolute Gasteiger partial charge is 0.439 e. The number of hydrogen-bond donors (Lipinski definition) is 1. The average molecular weight is 460 g/mol. The first-order valence-corrected chi connectivity index (χ1v) is 11.0. The standard InChI is InChI=1S/C25H31F2N3O3/c1-17(2)24(31)16-29(13-14-32-4)15-23-18(3)28-30(21-9-5-19(26)6-10-21)25(23)33-22-11-7-20(27)8-12-22/h5-12,17,24,31H,13-16H2,1-4H3/t24-/m1/s1. The third-order valence-electron chi connectivity index (χ3n) is 5.44. The highest BCUT2D eigenvalue weighted by Gasteiger charge is 2.23. The maximum Gasteiger partial charge on any atom is 0.227 e. The van der Waals surface area contributed by atoms with Gasteiger partial charge in [-0.05, 0) is 61.4 Å². The number of benzene rings is 2. The van der Waals surface area contributed by atoms with Gasteiger partial charge in [0.05, 0.1) is 29.7 Å². The van der Waals surface area contributed by atoms with E-state index in [-0.39, 0.29) is 17.6 Å². The fraction of sp³-hybridized carbons (Fsp3) is 0.400. The average Bonchev–Trinajstić information content (AvgIpc) is 3.09. The molecule has 2 aromatic carbocycles. The number of nitrogens with zero attached hydrogens (tertiary/aromatic N) is 3. The summed E-state index contributed by atoms with van der Waals surface area (Å²) < 4.78 is 40.0. The molecule has 1 N–H and O–H groups in total. The van der Waals surface area contributed by atoms with Gasteiger partial charge in [0.25, 0.3) is 0 Å². The monoisotopic (exact) mass is 459 g/mol. The molecule has 0 saturated carbocycles. The van der Waals surface area contributed by atoms with E-state index in [0.717, 1.165) is 11.3 Å². The van der Waals surface area contributed by atoms with Crippen molar-refractivity contribution in [1.82, 2.24) is 14.7 Å². The highest BCUT2D eigenvalue weighted by Crippen LogP contribution is 2.32. The lowest BCUT2D eigenvalue weighted by Crippen LogP contribution is -2.36. The molecule has 0 spiro atoms. The molecule has 33 heavy (non-hydrogen) atoms. The zero-order chi connectivity index (χ0) is 24.0. The van der Waals surface area contributed by atoms with E-state index in [0.29, 0.717) is 43.6 Å². The summed E-state index contributed by atoms with van der Waals surface area (Å²) in [5.41, 5.74) is 2.18. The normalized spacial score (nSPS) is 12.5. The molecule has 3 aromatic rings. The minimum absolute atomic E-state index is 0.105. The Bertz CT molecular complexity index is 1020. The number of halogens is 2. The number of aryl methyl sites for hydroxylation is 1. The van der Waals surface area contributed by atoms with E-state index in [9.17, 15) is 13.9 Å². The zero-order valence-corrected chi connectivity index (χ0v) is 19.5. The van der Waals surface area contributed by atoms with Crippen molar-refractivity contribution in [1.29, 1.82) is 0 Å². The maximum absolute atomic E-state index is 13.5. The first-order chi connectivity index (χ1) is 15.8. The van der Waals surface area contributed by atoms with Crippen LogP contribution in [0.25, 0.3) is 5.69 Å². The Morgan fingerprint density at radius 3 is 2.21 bits per heavy atom. The van der Waals surface area contributed by atoms with Crippen LogP contribution in [0.1, 0.15) is 25.1 Å². The van der Waals surface area contributed by atoms with Crippen molar-refractivity contribution in [3.63, 3.8) is 0 Å². The van der Waals surface area contributed by atoms with Crippen LogP contribution in [0.3, 0.4) is 0 Å². The lowest BCUT2D eigenvalue weighted by molar-refractivity contribution is 0.0588. The van der Waals surface area contributed by atoms with E-state index in [1.165, 1.54) is 24.3 Å². The number of ether oxygens (including phenoxy) is 2. The van der Waals surface area contributed by atoms with E-state index in [4.69, 9.17) is 9.47 Å². The van der Waals surface area contributed by atoms with Crippen LogP contribution in [0, 0.1) is 24.5 Å². The molecule has 1 heterocycles. The number of aliphatic hydroxyl groups is 1. The van der Waals surface area contributed by atoms with E-state index in [2.05, 4.69) is 10.00 Å². The van der Waals surface area contributed by atoms with Crippen molar-refractivity contribution in [2.24, 2.45) is 5.92 Å². The number of methoxy groups -OCH3 is 1. The second-order valence-corrected chi connectivity index (χ2v) is 8.35. The molecule has 3 rings (SSSR count). The fourth-order valence-corrected chi connectivity index (χ4v) is 3.35. The summed E-state index contributed by atoms with van der Waals surface area (Å²) in [7, 11) is 1.64. The lowest BCUT2D eigenvalue weighted by atomic mass is 10.1. The van der Waals surface area contributed by atoms with Crippen molar-refractivity contribution < 1.29 is 23.4 Å². The van der Waals surface area contributed by atoms with Crippen molar-refractivity contribution in [3.8, 4) is 17.3 Å². The molecule has 0 aliphatic rings. The van der Waals surface area contributed by atoms with Gasteiger partial charge in [-0.3, -0.25) is 4.90 Å². The number of aliphatic hydroxyl groups excluding tert-OH is 1. The molecule has 0 amide bonds. The number of aromatic nitrogens is 2. The van der Waals surface area contributed by atoms with Gasteiger partial charge < -0.3 is 14.6 Å². The third-order valence-corrected chi connectivity index (χ3v) is 5.44. The molecular formula is C25H31F2N3O3. The van der Waals surface area contributed by atoms with Gasteiger partial charge in [0.1, 0.15) is 17.4 Å². The Labute approximate surface area is 193 Å². The molecular weight excluding hydrogens is 428 g/mol. The summed E-state index contributed by atoms with van der Waals surface area (Å²) in [5.74, 6) is 0.295. The highest BCUT2D eigenvalue weighted by atomic mass is 19.1. The predicted octanol–water partition coefficient (Wildman–Crippen LogP) is 4.72. The molecule has 0 unspecified atom stereocenters. The Kier molecular flexibility index (Phi) is 8.55. The lowest BCUT2D eigenvalue weighted by Gasteiger charge is -2.26. The Balaban J connectivity index is 2.00. The van der Waals surface area contributed by atoms with Gasteiger partial charge in [-0.2, -0.15) is 5.10 Å². The van der Waals surface area contributed by atoms with Crippen LogP contribution in [0.15, 0.2) is 48.5 Å². The van der Waals surface area contributed by atoms with Crippen LogP contribution in [0.2, 0.25) is 0 Å². The van der Waals surface area contributed by atoms with Gasteiger partial charge >= 0.3 is 0 Å². The second kappa shape index (κ2) is 11.4. The van der Waals surface area contributed by atoms with Crippen LogP contribution in [0.4, 0.5) is 8.78 Å². The predicted molar refractivity (Wildman–Crippen MR) is 123 cm³/mol. The molecule has 0 bridgehead atoms. The van der Waals surface area contributed by atoms with Crippen LogP contribution in [-0.2, 0) is 11.3 Å². The summed E-state index contributed by atoms with van der Waals surface area (Å²) >= 11 is 0. The van der Waals surface area contributed by atoms with Crippen LogP contribution >= 0.6 is 0 Å². The molecule has 178 valence electrons. The Hall–Kier alpha value is -2.81. The van der Waals surface area contributed by atoms with E-state index in [1.54, 1.807) is 36.1 Å². The van der Waals surface area contributed by atoms with Crippen molar-refractivity contribution in [2.75, 3.05) is 26.8 Å². The minimum Gasteiger partial charge on any atom is -0.439 e. The Morgan fingerprint density at radius 2 is 1.64 bits per heavy atom.